The minimum Gasteiger partial charge on any atom is -0.323 e. The monoisotopic (exact) mass is 266 g/mol. The number of anilines is 1. The third-order valence-corrected chi connectivity index (χ3v) is 2.29. The second-order valence-electron chi connectivity index (χ2n) is 3.47. The van der Waals surface area contributed by atoms with E-state index in [0.717, 1.165) is 18.2 Å². The minimum absolute atomic E-state index is 0.0204. The predicted octanol–water partition coefficient (Wildman–Crippen LogP) is 2.64. The molecule has 1 atom stereocenters. The molecule has 1 unspecified atom stereocenters. The maximum absolute atomic E-state index is 12.4. The number of halogens is 4. The second kappa shape index (κ2) is 4.93. The summed E-state index contributed by atoms with van der Waals surface area (Å²) in [6.07, 6.45) is -4.49. The Balaban J connectivity index is 3.03. The van der Waals surface area contributed by atoms with E-state index >= 15 is 0 Å². The highest BCUT2D eigenvalue weighted by atomic mass is 35.5. The number of benzene rings is 1. The molecule has 0 saturated heterocycles. The third kappa shape index (κ3) is 3.61. The van der Waals surface area contributed by atoms with Gasteiger partial charge in [-0.1, -0.05) is 11.6 Å². The zero-order chi connectivity index (χ0) is 13.2. The van der Waals surface area contributed by atoms with Gasteiger partial charge in [0.2, 0.25) is 5.91 Å². The first-order chi connectivity index (χ1) is 7.71. The summed E-state index contributed by atoms with van der Waals surface area (Å²) in [5.41, 5.74) is 4.29. The molecule has 3 N–H and O–H groups in total. The number of amides is 1. The first-order valence-electron chi connectivity index (χ1n) is 4.65. The van der Waals surface area contributed by atoms with E-state index in [0.29, 0.717) is 0 Å². The Kier molecular flexibility index (Phi) is 4.00. The van der Waals surface area contributed by atoms with Crippen LogP contribution in [0.4, 0.5) is 18.9 Å². The van der Waals surface area contributed by atoms with Crippen molar-refractivity contribution in [2.24, 2.45) is 5.73 Å². The summed E-state index contributed by atoms with van der Waals surface area (Å²) in [6.45, 7) is 1.41. The van der Waals surface area contributed by atoms with Crippen molar-refractivity contribution < 1.29 is 18.0 Å². The van der Waals surface area contributed by atoms with Gasteiger partial charge < -0.3 is 11.1 Å². The van der Waals surface area contributed by atoms with Gasteiger partial charge in [-0.25, -0.2) is 0 Å². The molecule has 0 saturated carbocycles. The van der Waals surface area contributed by atoms with Gasteiger partial charge in [0.15, 0.2) is 0 Å². The molecule has 1 amide bonds. The molecule has 17 heavy (non-hydrogen) atoms. The van der Waals surface area contributed by atoms with Crippen LogP contribution in [0.5, 0.6) is 0 Å². The predicted molar refractivity (Wildman–Crippen MR) is 58.7 cm³/mol. The highest BCUT2D eigenvalue weighted by Gasteiger charge is 2.31. The van der Waals surface area contributed by atoms with Crippen molar-refractivity contribution in [1.82, 2.24) is 0 Å². The Morgan fingerprint density at radius 3 is 2.53 bits per heavy atom. The van der Waals surface area contributed by atoms with E-state index in [2.05, 4.69) is 5.32 Å². The van der Waals surface area contributed by atoms with Crippen LogP contribution in [-0.4, -0.2) is 11.9 Å². The number of nitrogens with two attached hydrogens (primary N) is 1. The Morgan fingerprint density at radius 1 is 1.47 bits per heavy atom. The molecule has 0 aliphatic carbocycles. The summed E-state index contributed by atoms with van der Waals surface area (Å²) >= 11 is 5.67. The first-order valence-corrected chi connectivity index (χ1v) is 5.03. The van der Waals surface area contributed by atoms with Crippen LogP contribution in [0.1, 0.15) is 12.5 Å². The molecule has 0 radical (unpaired) electrons. The normalized spacial score (nSPS) is 13.3. The first kappa shape index (κ1) is 13.8. The van der Waals surface area contributed by atoms with E-state index in [9.17, 15) is 18.0 Å². The van der Waals surface area contributed by atoms with E-state index in [1.165, 1.54) is 6.92 Å². The van der Waals surface area contributed by atoms with Gasteiger partial charge >= 0.3 is 6.18 Å². The lowest BCUT2D eigenvalue weighted by molar-refractivity contribution is -0.137. The molecule has 0 aliphatic heterocycles. The molecule has 0 aliphatic rings. The fourth-order valence-corrected chi connectivity index (χ4v) is 1.21. The summed E-state index contributed by atoms with van der Waals surface area (Å²) < 4.78 is 37.2. The highest BCUT2D eigenvalue weighted by molar-refractivity contribution is 6.33. The zero-order valence-corrected chi connectivity index (χ0v) is 9.56. The zero-order valence-electron chi connectivity index (χ0n) is 8.81. The van der Waals surface area contributed by atoms with Crippen LogP contribution in [0.3, 0.4) is 0 Å². The van der Waals surface area contributed by atoms with E-state index in [-0.39, 0.29) is 10.7 Å². The number of alkyl halides is 3. The topological polar surface area (TPSA) is 55.1 Å². The third-order valence-electron chi connectivity index (χ3n) is 1.97. The average Bonchev–Trinajstić information content (AvgIpc) is 2.19. The van der Waals surface area contributed by atoms with Crippen molar-refractivity contribution in [3.63, 3.8) is 0 Å². The number of hydrogen-bond donors (Lipinski definition) is 2. The molecule has 0 spiro atoms. The van der Waals surface area contributed by atoms with Crippen molar-refractivity contribution >= 4 is 23.2 Å². The van der Waals surface area contributed by atoms with Gasteiger partial charge in [-0.3, -0.25) is 4.79 Å². The van der Waals surface area contributed by atoms with Gasteiger partial charge in [-0.05, 0) is 25.1 Å². The van der Waals surface area contributed by atoms with Crippen molar-refractivity contribution in [3.05, 3.63) is 28.8 Å². The molecule has 7 heteroatoms. The second-order valence-corrected chi connectivity index (χ2v) is 3.88. The van der Waals surface area contributed by atoms with E-state index in [1.807, 2.05) is 0 Å². The van der Waals surface area contributed by atoms with Crippen LogP contribution in [0.2, 0.25) is 5.02 Å². The van der Waals surface area contributed by atoms with Gasteiger partial charge in [0.25, 0.3) is 0 Å². The van der Waals surface area contributed by atoms with Gasteiger partial charge in [-0.2, -0.15) is 13.2 Å². The largest absolute Gasteiger partial charge is 0.416 e. The molecule has 3 nitrogen and oxygen atoms in total. The fraction of sp³-hybridized carbons (Fsp3) is 0.300. The smallest absolute Gasteiger partial charge is 0.323 e. The average molecular weight is 267 g/mol. The van der Waals surface area contributed by atoms with Crippen molar-refractivity contribution in [3.8, 4) is 0 Å². The summed E-state index contributed by atoms with van der Waals surface area (Å²) in [6, 6.07) is 1.84. The molecule has 94 valence electrons. The van der Waals surface area contributed by atoms with E-state index in [1.54, 1.807) is 0 Å². The van der Waals surface area contributed by atoms with Crippen LogP contribution in [0, 0.1) is 0 Å². The number of nitrogens with one attached hydrogen (secondary N) is 1. The van der Waals surface area contributed by atoms with Crippen LogP contribution >= 0.6 is 11.6 Å². The molecular formula is C10H10ClF3N2O. The van der Waals surface area contributed by atoms with Crippen molar-refractivity contribution in [2.75, 3.05) is 5.32 Å². The molecule has 0 bridgehead atoms. The number of hydrogen-bond acceptors (Lipinski definition) is 2. The Bertz CT molecular complexity index is 432. The van der Waals surface area contributed by atoms with Crippen LogP contribution in [0.25, 0.3) is 0 Å². The lowest BCUT2D eigenvalue weighted by atomic mass is 10.2. The quantitative estimate of drug-likeness (QED) is 0.865. The lowest BCUT2D eigenvalue weighted by Crippen LogP contribution is -2.32. The van der Waals surface area contributed by atoms with Crippen molar-refractivity contribution in [1.29, 1.82) is 0 Å². The highest BCUT2D eigenvalue weighted by Crippen LogP contribution is 2.33. The molecular weight excluding hydrogens is 257 g/mol. The van der Waals surface area contributed by atoms with Crippen LogP contribution in [0.15, 0.2) is 18.2 Å². The SMILES string of the molecule is CC(N)C(=O)Nc1cc(C(F)(F)F)ccc1Cl. The molecule has 1 rings (SSSR count). The summed E-state index contributed by atoms with van der Waals surface area (Å²) in [4.78, 5) is 11.2. The standard InChI is InChI=1S/C10H10ClF3N2O/c1-5(15)9(17)16-8-4-6(10(12,13)14)2-3-7(8)11/h2-5H,15H2,1H3,(H,16,17). The van der Waals surface area contributed by atoms with E-state index < -0.39 is 23.7 Å². The number of rotatable bonds is 2. The number of carbonyl (C=O) groups excluding carboxylic acids is 1. The Labute approximate surface area is 101 Å². The molecule has 1 aromatic carbocycles. The maximum atomic E-state index is 12.4. The molecule has 0 aromatic heterocycles. The van der Waals surface area contributed by atoms with Crippen LogP contribution in [-0.2, 0) is 11.0 Å². The maximum Gasteiger partial charge on any atom is 0.416 e. The Hall–Kier alpha value is -1.27. The summed E-state index contributed by atoms with van der Waals surface area (Å²) in [5, 5.41) is 2.25. The molecule has 0 heterocycles. The molecule has 0 fully saturated rings. The van der Waals surface area contributed by atoms with Gasteiger partial charge in [0, 0.05) is 0 Å². The summed E-state index contributed by atoms with van der Waals surface area (Å²) in [5.74, 6) is -0.605. The lowest BCUT2D eigenvalue weighted by Gasteiger charge is -2.12. The summed E-state index contributed by atoms with van der Waals surface area (Å²) in [7, 11) is 0. The minimum atomic E-state index is -4.49. The molecule has 1 aromatic rings. The van der Waals surface area contributed by atoms with Gasteiger partial charge in [0.05, 0.1) is 22.3 Å². The van der Waals surface area contributed by atoms with E-state index in [4.69, 9.17) is 17.3 Å². The number of carbonyl (C=O) groups is 1. The van der Waals surface area contributed by atoms with Crippen molar-refractivity contribution in [2.45, 2.75) is 19.1 Å². The van der Waals surface area contributed by atoms with Gasteiger partial charge in [-0.15, -0.1) is 0 Å². The fourth-order valence-electron chi connectivity index (χ4n) is 1.04. The van der Waals surface area contributed by atoms with Gasteiger partial charge in [0.1, 0.15) is 0 Å². The van der Waals surface area contributed by atoms with Crippen LogP contribution < -0.4 is 11.1 Å². The Morgan fingerprint density at radius 2 is 2.06 bits per heavy atom.